The zero-order valence-electron chi connectivity index (χ0n) is 12.7. The molecule has 0 atom stereocenters. The summed E-state index contributed by atoms with van der Waals surface area (Å²) >= 11 is 1.74. The number of para-hydroxylation sites is 1. The van der Waals surface area contributed by atoms with E-state index in [1.54, 1.807) is 23.5 Å². The number of benzene rings is 1. The van der Waals surface area contributed by atoms with Crippen LogP contribution in [0.25, 0.3) is 10.2 Å². The lowest BCUT2D eigenvalue weighted by molar-refractivity contribution is 0.523. The maximum absolute atomic E-state index is 13.7. The van der Waals surface area contributed by atoms with Crippen LogP contribution in [0.1, 0.15) is 12.8 Å². The van der Waals surface area contributed by atoms with E-state index >= 15 is 0 Å². The highest BCUT2D eigenvalue weighted by Crippen LogP contribution is 2.32. The standard InChI is InChI=1S/C18H18FN3S/c19-14-3-1-2-4-15(14)21-13-6-10-22(11-7-13)17-5-9-20-16-8-12-23-18(16)17/h1-5,8-9,12-13,21H,6-7,10-11H2. The van der Waals surface area contributed by atoms with Crippen LogP contribution in [0.4, 0.5) is 15.8 Å². The number of pyridine rings is 1. The Hall–Kier alpha value is -2.14. The van der Waals surface area contributed by atoms with Crippen LogP contribution >= 0.6 is 11.3 Å². The smallest absolute Gasteiger partial charge is 0.146 e. The molecule has 3 aromatic rings. The number of nitrogens with one attached hydrogen (secondary N) is 1. The van der Waals surface area contributed by atoms with Gasteiger partial charge in [-0.05, 0) is 42.5 Å². The Labute approximate surface area is 138 Å². The quantitative estimate of drug-likeness (QED) is 0.767. The average molecular weight is 327 g/mol. The van der Waals surface area contributed by atoms with Gasteiger partial charge in [0.2, 0.25) is 0 Å². The van der Waals surface area contributed by atoms with Gasteiger partial charge >= 0.3 is 0 Å². The molecule has 0 radical (unpaired) electrons. The lowest BCUT2D eigenvalue weighted by Gasteiger charge is -2.34. The minimum absolute atomic E-state index is 0.177. The number of nitrogens with zero attached hydrogens (tertiary/aromatic N) is 2. The van der Waals surface area contributed by atoms with Crippen LogP contribution in [-0.2, 0) is 0 Å². The van der Waals surface area contributed by atoms with E-state index < -0.39 is 0 Å². The van der Waals surface area contributed by atoms with Crippen molar-refractivity contribution in [3.05, 3.63) is 53.8 Å². The Morgan fingerprint density at radius 1 is 1.13 bits per heavy atom. The van der Waals surface area contributed by atoms with Crippen LogP contribution in [0.3, 0.4) is 0 Å². The molecule has 2 aromatic heterocycles. The Morgan fingerprint density at radius 3 is 2.78 bits per heavy atom. The fourth-order valence-corrected chi connectivity index (χ4v) is 4.06. The first kappa shape index (κ1) is 14.5. The molecule has 0 aliphatic carbocycles. The first-order valence-corrected chi connectivity index (χ1v) is 8.77. The molecule has 0 saturated carbocycles. The number of aromatic nitrogens is 1. The predicted octanol–water partition coefficient (Wildman–Crippen LogP) is 4.52. The lowest BCUT2D eigenvalue weighted by atomic mass is 10.0. The number of hydrogen-bond acceptors (Lipinski definition) is 4. The fourth-order valence-electron chi connectivity index (χ4n) is 3.17. The molecule has 3 heterocycles. The maximum Gasteiger partial charge on any atom is 0.146 e. The van der Waals surface area contributed by atoms with E-state index in [1.165, 1.54) is 16.5 Å². The van der Waals surface area contributed by atoms with Gasteiger partial charge in [0.25, 0.3) is 0 Å². The third-order valence-electron chi connectivity index (χ3n) is 4.39. The van der Waals surface area contributed by atoms with E-state index in [4.69, 9.17) is 0 Å². The summed E-state index contributed by atoms with van der Waals surface area (Å²) in [5.41, 5.74) is 2.95. The molecular formula is C18H18FN3S. The van der Waals surface area contributed by atoms with Crippen molar-refractivity contribution < 1.29 is 4.39 Å². The molecule has 1 aliphatic rings. The zero-order valence-corrected chi connectivity index (χ0v) is 13.5. The summed E-state index contributed by atoms with van der Waals surface area (Å²) < 4.78 is 15.0. The van der Waals surface area contributed by atoms with Gasteiger partial charge in [0.15, 0.2) is 0 Å². The van der Waals surface area contributed by atoms with Crippen LogP contribution in [0, 0.1) is 5.82 Å². The van der Waals surface area contributed by atoms with Gasteiger partial charge in [-0.3, -0.25) is 4.98 Å². The van der Waals surface area contributed by atoms with Gasteiger partial charge in [-0.25, -0.2) is 4.39 Å². The predicted molar refractivity (Wildman–Crippen MR) is 94.9 cm³/mol. The van der Waals surface area contributed by atoms with Gasteiger partial charge in [0.1, 0.15) is 5.82 Å². The van der Waals surface area contributed by atoms with Gasteiger partial charge in [-0.15, -0.1) is 11.3 Å². The molecule has 0 amide bonds. The molecule has 1 aromatic carbocycles. The normalized spacial score (nSPS) is 16.0. The zero-order chi connectivity index (χ0) is 15.6. The fraction of sp³-hybridized carbons (Fsp3) is 0.278. The first-order chi connectivity index (χ1) is 11.3. The Balaban J connectivity index is 1.45. The topological polar surface area (TPSA) is 28.2 Å². The van der Waals surface area contributed by atoms with E-state index in [9.17, 15) is 4.39 Å². The number of rotatable bonds is 3. The third-order valence-corrected chi connectivity index (χ3v) is 5.32. The molecule has 5 heteroatoms. The van der Waals surface area contributed by atoms with E-state index in [0.717, 1.165) is 31.4 Å². The second-order valence-corrected chi connectivity index (χ2v) is 6.77. The molecule has 1 N–H and O–H groups in total. The molecule has 3 nitrogen and oxygen atoms in total. The second-order valence-electron chi connectivity index (χ2n) is 5.85. The first-order valence-electron chi connectivity index (χ1n) is 7.89. The minimum atomic E-state index is -0.177. The van der Waals surface area contributed by atoms with Gasteiger partial charge in [-0.1, -0.05) is 12.1 Å². The van der Waals surface area contributed by atoms with Crippen molar-refractivity contribution in [3.63, 3.8) is 0 Å². The van der Waals surface area contributed by atoms with Crippen molar-refractivity contribution in [2.24, 2.45) is 0 Å². The largest absolute Gasteiger partial charge is 0.380 e. The number of fused-ring (bicyclic) bond motifs is 1. The van der Waals surface area contributed by atoms with Crippen molar-refractivity contribution in [3.8, 4) is 0 Å². The average Bonchev–Trinajstić information content (AvgIpc) is 3.06. The summed E-state index contributed by atoms with van der Waals surface area (Å²) in [7, 11) is 0. The van der Waals surface area contributed by atoms with E-state index in [0.29, 0.717) is 11.7 Å². The molecule has 23 heavy (non-hydrogen) atoms. The highest BCUT2D eigenvalue weighted by molar-refractivity contribution is 7.17. The summed E-state index contributed by atoms with van der Waals surface area (Å²) in [6.45, 7) is 1.95. The van der Waals surface area contributed by atoms with Crippen LogP contribution < -0.4 is 10.2 Å². The van der Waals surface area contributed by atoms with Gasteiger partial charge in [-0.2, -0.15) is 0 Å². The molecule has 1 saturated heterocycles. The summed E-state index contributed by atoms with van der Waals surface area (Å²) in [6, 6.07) is 11.4. The molecule has 4 rings (SSSR count). The number of hydrogen-bond donors (Lipinski definition) is 1. The van der Waals surface area contributed by atoms with E-state index in [2.05, 4.69) is 32.7 Å². The maximum atomic E-state index is 13.7. The number of thiophene rings is 1. The second kappa shape index (κ2) is 6.16. The third kappa shape index (κ3) is 2.88. The van der Waals surface area contributed by atoms with Crippen LogP contribution in [-0.4, -0.2) is 24.1 Å². The molecule has 118 valence electrons. The minimum Gasteiger partial charge on any atom is -0.380 e. The molecule has 0 unspecified atom stereocenters. The number of piperidine rings is 1. The molecule has 1 fully saturated rings. The van der Waals surface area contributed by atoms with Crippen LogP contribution in [0.5, 0.6) is 0 Å². The SMILES string of the molecule is Fc1ccccc1NC1CCN(c2ccnc3ccsc23)CC1. The van der Waals surface area contributed by atoms with Crippen LogP contribution in [0.15, 0.2) is 48.0 Å². The van der Waals surface area contributed by atoms with Gasteiger partial charge in [0.05, 0.1) is 21.6 Å². The highest BCUT2D eigenvalue weighted by atomic mass is 32.1. The summed E-state index contributed by atoms with van der Waals surface area (Å²) in [4.78, 5) is 6.82. The van der Waals surface area contributed by atoms with E-state index in [-0.39, 0.29) is 5.82 Å². The van der Waals surface area contributed by atoms with Crippen molar-refractivity contribution in [1.29, 1.82) is 0 Å². The van der Waals surface area contributed by atoms with Crippen LogP contribution in [0.2, 0.25) is 0 Å². The summed E-state index contributed by atoms with van der Waals surface area (Å²) in [5, 5.41) is 5.43. The van der Waals surface area contributed by atoms with Crippen molar-refractivity contribution in [1.82, 2.24) is 4.98 Å². The van der Waals surface area contributed by atoms with Gasteiger partial charge < -0.3 is 10.2 Å². The summed E-state index contributed by atoms with van der Waals surface area (Å²) in [6.07, 6.45) is 3.89. The monoisotopic (exact) mass is 327 g/mol. The van der Waals surface area contributed by atoms with Crippen molar-refractivity contribution in [2.75, 3.05) is 23.3 Å². The Bertz CT molecular complexity index is 809. The number of anilines is 2. The molecule has 0 spiro atoms. The Kier molecular flexibility index (Phi) is 3.87. The van der Waals surface area contributed by atoms with Crippen molar-refractivity contribution >= 4 is 32.9 Å². The van der Waals surface area contributed by atoms with Gasteiger partial charge in [0, 0.05) is 25.3 Å². The summed E-state index contributed by atoms with van der Waals surface area (Å²) in [5.74, 6) is -0.177. The molecular weight excluding hydrogens is 309 g/mol. The van der Waals surface area contributed by atoms with Crippen molar-refractivity contribution in [2.45, 2.75) is 18.9 Å². The molecule has 1 aliphatic heterocycles. The number of halogens is 1. The highest BCUT2D eigenvalue weighted by Gasteiger charge is 2.21. The van der Waals surface area contributed by atoms with E-state index in [1.807, 2.05) is 12.3 Å². The Morgan fingerprint density at radius 2 is 1.96 bits per heavy atom. The lowest BCUT2D eigenvalue weighted by Crippen LogP contribution is -2.39. The molecule has 0 bridgehead atoms.